The Kier molecular flexibility index (Phi) is 6.62. The molecule has 0 aliphatic carbocycles. The summed E-state index contributed by atoms with van der Waals surface area (Å²) in [7, 11) is 0. The van der Waals surface area contributed by atoms with Gasteiger partial charge in [-0.3, -0.25) is 4.98 Å². The monoisotopic (exact) mass is 505 g/mol. The first kappa shape index (κ1) is 24.2. The van der Waals surface area contributed by atoms with E-state index in [4.69, 9.17) is 0 Å². The van der Waals surface area contributed by atoms with Crippen molar-refractivity contribution in [2.24, 2.45) is 0 Å². The summed E-state index contributed by atoms with van der Waals surface area (Å²) in [5.41, 5.74) is 6.37. The van der Waals surface area contributed by atoms with Crippen LogP contribution < -0.4 is 0 Å². The van der Waals surface area contributed by atoms with Gasteiger partial charge in [-0.1, -0.05) is 127 Å². The van der Waals surface area contributed by atoms with Crippen LogP contribution in [-0.2, 0) is 5.54 Å². The van der Waals surface area contributed by atoms with Gasteiger partial charge in [-0.2, -0.15) is 0 Å². The Morgan fingerprint density at radius 3 is 1.69 bits per heavy atom. The molecule has 39 heavy (non-hydrogen) atoms. The van der Waals surface area contributed by atoms with Crippen molar-refractivity contribution in [3.63, 3.8) is 0 Å². The van der Waals surface area contributed by atoms with Crippen molar-refractivity contribution < 1.29 is 0 Å². The molecule has 0 N–H and O–H groups in total. The largest absolute Gasteiger partial charge is 0.256 e. The van der Waals surface area contributed by atoms with Crippen molar-refractivity contribution in [3.8, 4) is 0 Å². The summed E-state index contributed by atoms with van der Waals surface area (Å²) in [4.78, 5) is 4.68. The van der Waals surface area contributed by atoms with Gasteiger partial charge in [0.05, 0.1) is 5.69 Å². The first-order valence-electron chi connectivity index (χ1n) is 12.9. The van der Waals surface area contributed by atoms with Gasteiger partial charge in [-0.25, -0.2) is 4.68 Å². The summed E-state index contributed by atoms with van der Waals surface area (Å²) in [5.74, 6) is 0.618. The molecule has 0 spiro atoms. The van der Waals surface area contributed by atoms with Gasteiger partial charge < -0.3 is 0 Å². The number of rotatable bonds is 7. The molecule has 0 saturated carbocycles. The van der Waals surface area contributed by atoms with E-state index in [2.05, 4.69) is 124 Å². The van der Waals surface area contributed by atoms with Gasteiger partial charge in [0.15, 0.2) is 5.82 Å². The number of hydrogen-bond donors (Lipinski definition) is 0. The summed E-state index contributed by atoms with van der Waals surface area (Å²) >= 11 is 0. The molecule has 5 nitrogen and oxygen atoms in total. The maximum atomic E-state index is 4.68. The molecule has 188 valence electrons. The zero-order valence-electron chi connectivity index (χ0n) is 21.6. The summed E-state index contributed by atoms with van der Waals surface area (Å²) in [5, 5.41) is 13.4. The molecule has 0 aliphatic rings. The Balaban J connectivity index is 1.66. The molecule has 0 aliphatic heterocycles. The average molecular weight is 506 g/mol. The Labute approximate surface area is 228 Å². The number of pyridine rings is 1. The topological polar surface area (TPSA) is 56.5 Å². The summed E-state index contributed by atoms with van der Waals surface area (Å²) in [6.45, 7) is 2.09. The SMILES string of the molecule is Cc1ccc(/C(=C/c2nnnn2C(c2ccccc2)(c2ccccc2)c2ccccc2)c2ccccn2)cc1. The highest BCUT2D eigenvalue weighted by Crippen LogP contribution is 2.41. The number of nitrogens with zero attached hydrogens (tertiary/aromatic N) is 5. The van der Waals surface area contributed by atoms with Crippen LogP contribution in [0.3, 0.4) is 0 Å². The van der Waals surface area contributed by atoms with Gasteiger partial charge in [0.25, 0.3) is 0 Å². The van der Waals surface area contributed by atoms with E-state index in [1.54, 1.807) is 0 Å². The van der Waals surface area contributed by atoms with E-state index >= 15 is 0 Å². The van der Waals surface area contributed by atoms with E-state index in [1.165, 1.54) is 5.56 Å². The van der Waals surface area contributed by atoms with Crippen molar-refractivity contribution in [1.82, 2.24) is 25.2 Å². The summed E-state index contributed by atoms with van der Waals surface area (Å²) in [6.07, 6.45) is 3.85. The highest BCUT2D eigenvalue weighted by atomic mass is 15.6. The van der Waals surface area contributed by atoms with Crippen molar-refractivity contribution in [2.45, 2.75) is 12.5 Å². The lowest BCUT2D eigenvalue weighted by Crippen LogP contribution is -2.39. The van der Waals surface area contributed by atoms with E-state index in [0.29, 0.717) is 5.82 Å². The number of benzene rings is 4. The lowest BCUT2D eigenvalue weighted by atomic mass is 9.77. The smallest absolute Gasteiger partial charge is 0.177 e. The Morgan fingerprint density at radius 2 is 1.18 bits per heavy atom. The molecule has 0 amide bonds. The van der Waals surface area contributed by atoms with Crippen LogP contribution in [0.4, 0.5) is 0 Å². The lowest BCUT2D eigenvalue weighted by molar-refractivity contribution is 0.443. The zero-order valence-corrected chi connectivity index (χ0v) is 21.6. The summed E-state index contributed by atoms with van der Waals surface area (Å²) in [6, 6.07) is 45.6. The van der Waals surface area contributed by atoms with Gasteiger partial charge in [-0.05, 0) is 57.8 Å². The second-order valence-corrected chi connectivity index (χ2v) is 9.40. The molecule has 6 aromatic rings. The van der Waals surface area contributed by atoms with Gasteiger partial charge in [-0.15, -0.1) is 5.10 Å². The van der Waals surface area contributed by atoms with Gasteiger partial charge in [0.1, 0.15) is 5.54 Å². The normalized spacial score (nSPS) is 11.9. The number of aryl methyl sites for hydroxylation is 1. The third-order valence-corrected chi connectivity index (χ3v) is 6.96. The van der Waals surface area contributed by atoms with Crippen LogP contribution in [0.25, 0.3) is 11.6 Å². The first-order valence-corrected chi connectivity index (χ1v) is 12.9. The fourth-order valence-electron chi connectivity index (χ4n) is 5.12. The molecule has 5 heteroatoms. The van der Waals surface area contributed by atoms with Crippen molar-refractivity contribution >= 4 is 11.6 Å². The van der Waals surface area contributed by atoms with Crippen molar-refractivity contribution in [3.05, 3.63) is 179 Å². The lowest BCUT2D eigenvalue weighted by Gasteiger charge is -2.36. The molecule has 0 saturated heterocycles. The standard InChI is InChI=1S/C34H27N5/c1-26-20-22-27(23-21-26)31(32-19-11-12-24-35-32)25-33-36-37-38-39(33)34(28-13-5-2-6-14-28,29-15-7-3-8-16-29)30-17-9-4-10-18-30/h2-25H,1H3/b31-25-. The fourth-order valence-corrected chi connectivity index (χ4v) is 5.12. The number of hydrogen-bond acceptors (Lipinski definition) is 4. The second-order valence-electron chi connectivity index (χ2n) is 9.40. The predicted octanol–water partition coefficient (Wildman–Crippen LogP) is 6.81. The van der Waals surface area contributed by atoms with Crippen LogP contribution in [0.2, 0.25) is 0 Å². The van der Waals surface area contributed by atoms with E-state index in [0.717, 1.165) is 33.5 Å². The predicted molar refractivity (Wildman–Crippen MR) is 155 cm³/mol. The Hall–Kier alpha value is -5.16. The molecule has 0 atom stereocenters. The molecule has 0 fully saturated rings. The van der Waals surface area contributed by atoms with Crippen molar-refractivity contribution in [1.29, 1.82) is 0 Å². The number of aromatic nitrogens is 5. The fraction of sp³-hybridized carbons (Fsp3) is 0.0588. The maximum Gasteiger partial charge on any atom is 0.177 e. The quantitative estimate of drug-likeness (QED) is 0.224. The first-order chi connectivity index (χ1) is 19.3. The maximum absolute atomic E-state index is 4.68. The van der Waals surface area contributed by atoms with E-state index in [1.807, 2.05) is 53.4 Å². The van der Waals surface area contributed by atoms with Crippen LogP contribution in [0, 0.1) is 6.92 Å². The minimum absolute atomic E-state index is 0.618. The molecule has 2 heterocycles. The minimum atomic E-state index is -0.818. The van der Waals surface area contributed by atoms with Crippen LogP contribution in [0.15, 0.2) is 140 Å². The highest BCUT2D eigenvalue weighted by Gasteiger charge is 2.41. The minimum Gasteiger partial charge on any atom is -0.256 e. The van der Waals surface area contributed by atoms with E-state index in [9.17, 15) is 0 Å². The van der Waals surface area contributed by atoms with E-state index in [-0.39, 0.29) is 0 Å². The van der Waals surface area contributed by atoms with Crippen LogP contribution in [-0.4, -0.2) is 25.2 Å². The van der Waals surface area contributed by atoms with Crippen LogP contribution in [0.5, 0.6) is 0 Å². The van der Waals surface area contributed by atoms with Crippen molar-refractivity contribution in [2.75, 3.05) is 0 Å². The molecule has 0 unspecified atom stereocenters. The Bertz CT molecular complexity index is 1580. The summed E-state index contributed by atoms with van der Waals surface area (Å²) < 4.78 is 1.93. The van der Waals surface area contributed by atoms with Crippen LogP contribution >= 0.6 is 0 Å². The zero-order chi connectivity index (χ0) is 26.5. The molecule has 0 bridgehead atoms. The Morgan fingerprint density at radius 1 is 0.641 bits per heavy atom. The van der Waals surface area contributed by atoms with Crippen LogP contribution in [0.1, 0.15) is 39.3 Å². The molecular weight excluding hydrogens is 478 g/mol. The molecular formula is C34H27N5. The number of tetrazole rings is 1. The van der Waals surface area contributed by atoms with Gasteiger partial charge in [0.2, 0.25) is 0 Å². The third kappa shape index (κ3) is 4.55. The molecule has 0 radical (unpaired) electrons. The molecule has 6 rings (SSSR count). The average Bonchev–Trinajstić information content (AvgIpc) is 3.47. The third-order valence-electron chi connectivity index (χ3n) is 6.96. The van der Waals surface area contributed by atoms with Gasteiger partial charge >= 0.3 is 0 Å². The second kappa shape index (κ2) is 10.7. The highest BCUT2D eigenvalue weighted by molar-refractivity contribution is 5.89. The molecule has 2 aromatic heterocycles. The van der Waals surface area contributed by atoms with Gasteiger partial charge in [0, 0.05) is 11.8 Å². The van der Waals surface area contributed by atoms with E-state index < -0.39 is 5.54 Å². The molecule has 4 aromatic carbocycles.